The molecule has 0 aliphatic carbocycles. The summed E-state index contributed by atoms with van der Waals surface area (Å²) in [6.07, 6.45) is -3.95. The highest BCUT2D eigenvalue weighted by atomic mass is 19.4. The zero-order valence-electron chi connectivity index (χ0n) is 10.8. The third-order valence-corrected chi connectivity index (χ3v) is 3.07. The predicted molar refractivity (Wildman–Crippen MR) is 64.0 cm³/mol. The summed E-state index contributed by atoms with van der Waals surface area (Å²) in [5.74, 6) is -0.900. The molecule has 0 amide bonds. The Bertz CT molecular complexity index is 420. The van der Waals surface area contributed by atoms with Gasteiger partial charge in [-0.3, -0.25) is 0 Å². The van der Waals surface area contributed by atoms with Crippen molar-refractivity contribution in [3.05, 3.63) is 35.1 Å². The normalized spacial score (nSPS) is 15.3. The van der Waals surface area contributed by atoms with Gasteiger partial charge in [-0.15, -0.1) is 0 Å². The third-order valence-electron chi connectivity index (χ3n) is 3.07. The summed E-state index contributed by atoms with van der Waals surface area (Å²) < 4.78 is 56.2. The van der Waals surface area contributed by atoms with Gasteiger partial charge >= 0.3 is 6.18 Å². The first-order valence-electron chi connectivity index (χ1n) is 5.88. The van der Waals surface area contributed by atoms with Crippen molar-refractivity contribution in [1.29, 1.82) is 0 Å². The number of rotatable bonds is 5. The summed E-state index contributed by atoms with van der Waals surface area (Å²) in [6, 6.07) is 1.51. The summed E-state index contributed by atoms with van der Waals surface area (Å²) in [4.78, 5) is 0. The highest BCUT2D eigenvalue weighted by molar-refractivity contribution is 5.29. The van der Waals surface area contributed by atoms with E-state index < -0.39 is 23.6 Å². The smallest absolute Gasteiger partial charge is 0.385 e. The molecule has 0 aliphatic rings. The Morgan fingerprint density at radius 2 is 1.95 bits per heavy atom. The van der Waals surface area contributed by atoms with Crippen molar-refractivity contribution in [3.63, 3.8) is 0 Å². The lowest BCUT2D eigenvalue weighted by atomic mass is 9.91. The first-order chi connectivity index (χ1) is 8.77. The van der Waals surface area contributed by atoms with Crippen molar-refractivity contribution >= 4 is 0 Å². The van der Waals surface area contributed by atoms with E-state index in [4.69, 9.17) is 10.5 Å². The molecule has 108 valence electrons. The Labute approximate surface area is 109 Å². The summed E-state index contributed by atoms with van der Waals surface area (Å²) >= 11 is 0. The fraction of sp³-hybridized carbons (Fsp3) is 0.538. The molecule has 0 heterocycles. The van der Waals surface area contributed by atoms with E-state index in [0.717, 1.165) is 12.1 Å². The lowest BCUT2D eigenvalue weighted by molar-refractivity contribution is -0.137. The van der Waals surface area contributed by atoms with Crippen molar-refractivity contribution in [1.82, 2.24) is 0 Å². The summed E-state index contributed by atoms with van der Waals surface area (Å²) in [5.41, 5.74) is 4.83. The van der Waals surface area contributed by atoms with Gasteiger partial charge in [0, 0.05) is 25.3 Å². The number of nitrogens with two attached hydrogens (primary N) is 1. The quantitative estimate of drug-likeness (QED) is 0.837. The van der Waals surface area contributed by atoms with Crippen LogP contribution in [0.4, 0.5) is 17.6 Å². The van der Waals surface area contributed by atoms with Crippen LogP contribution in [0.2, 0.25) is 0 Å². The maximum Gasteiger partial charge on any atom is 0.416 e. The minimum atomic E-state index is -4.50. The molecule has 1 aromatic carbocycles. The molecule has 1 rings (SSSR count). The minimum absolute atomic E-state index is 0.113. The number of alkyl halides is 3. The van der Waals surface area contributed by atoms with Crippen LogP contribution in [0.1, 0.15) is 30.5 Å². The second-order valence-corrected chi connectivity index (χ2v) is 4.52. The third kappa shape index (κ3) is 4.18. The van der Waals surface area contributed by atoms with Gasteiger partial charge in [-0.2, -0.15) is 13.2 Å². The lowest BCUT2D eigenvalue weighted by Gasteiger charge is -2.21. The molecule has 6 heteroatoms. The molecule has 2 atom stereocenters. The van der Waals surface area contributed by atoms with Crippen LogP contribution in [0.5, 0.6) is 0 Å². The number of methoxy groups -OCH3 is 1. The average molecular weight is 279 g/mol. The zero-order valence-corrected chi connectivity index (χ0v) is 10.8. The van der Waals surface area contributed by atoms with Crippen molar-refractivity contribution in [2.45, 2.75) is 25.6 Å². The van der Waals surface area contributed by atoms with Crippen LogP contribution in [-0.2, 0) is 10.9 Å². The minimum Gasteiger partial charge on any atom is -0.385 e. The molecular formula is C13H17F4NO. The molecule has 2 unspecified atom stereocenters. The molecule has 1 aromatic rings. The van der Waals surface area contributed by atoms with E-state index >= 15 is 0 Å². The van der Waals surface area contributed by atoms with Gasteiger partial charge in [-0.1, -0.05) is 6.92 Å². The fourth-order valence-electron chi connectivity index (χ4n) is 1.77. The van der Waals surface area contributed by atoms with E-state index in [1.165, 1.54) is 7.11 Å². The van der Waals surface area contributed by atoms with Crippen LogP contribution in [0.15, 0.2) is 18.2 Å². The summed E-state index contributed by atoms with van der Waals surface area (Å²) in [5, 5.41) is 0. The van der Waals surface area contributed by atoms with Gasteiger partial charge in [-0.05, 0) is 30.5 Å². The highest BCUT2D eigenvalue weighted by Crippen LogP contribution is 2.33. The van der Waals surface area contributed by atoms with E-state index in [1.54, 1.807) is 6.92 Å². The maximum atomic E-state index is 13.6. The zero-order chi connectivity index (χ0) is 14.6. The molecular weight excluding hydrogens is 262 g/mol. The predicted octanol–water partition coefficient (Wildman–Crippen LogP) is 3.52. The molecule has 0 radical (unpaired) electrons. The van der Waals surface area contributed by atoms with Crippen LogP contribution >= 0.6 is 0 Å². The molecule has 0 fully saturated rings. The molecule has 0 aromatic heterocycles. The fourth-order valence-corrected chi connectivity index (χ4v) is 1.77. The number of hydrogen-bond acceptors (Lipinski definition) is 2. The summed E-state index contributed by atoms with van der Waals surface area (Å²) in [7, 11) is 1.52. The van der Waals surface area contributed by atoms with Gasteiger partial charge in [0.15, 0.2) is 0 Å². The lowest BCUT2D eigenvalue weighted by Crippen LogP contribution is -2.22. The van der Waals surface area contributed by atoms with Crippen LogP contribution < -0.4 is 5.73 Å². The van der Waals surface area contributed by atoms with Crippen LogP contribution in [0, 0.1) is 11.7 Å². The van der Waals surface area contributed by atoms with Gasteiger partial charge in [0.2, 0.25) is 0 Å². The van der Waals surface area contributed by atoms with Crippen LogP contribution in [0.3, 0.4) is 0 Å². The topological polar surface area (TPSA) is 35.2 Å². The Morgan fingerprint density at radius 3 is 2.47 bits per heavy atom. The standard InChI is InChI=1S/C13H17F4NO/c1-8(5-6-19-2)12(18)10-7-9(13(15,16)17)3-4-11(10)14/h3-4,7-8,12H,5-6,18H2,1-2H3. The van der Waals surface area contributed by atoms with Crippen molar-refractivity contribution in [2.24, 2.45) is 11.7 Å². The van der Waals surface area contributed by atoms with Gasteiger partial charge < -0.3 is 10.5 Å². The molecule has 0 aliphatic heterocycles. The van der Waals surface area contributed by atoms with Crippen LogP contribution in [-0.4, -0.2) is 13.7 Å². The number of ether oxygens (including phenoxy) is 1. The number of halogens is 4. The van der Waals surface area contributed by atoms with Gasteiger partial charge in [0.05, 0.1) is 5.56 Å². The monoisotopic (exact) mass is 279 g/mol. The molecule has 2 N–H and O–H groups in total. The van der Waals surface area contributed by atoms with Crippen molar-refractivity contribution in [2.75, 3.05) is 13.7 Å². The molecule has 0 bridgehead atoms. The average Bonchev–Trinajstić information content (AvgIpc) is 2.34. The van der Waals surface area contributed by atoms with Crippen LogP contribution in [0.25, 0.3) is 0 Å². The van der Waals surface area contributed by atoms with Gasteiger partial charge in [-0.25, -0.2) is 4.39 Å². The second-order valence-electron chi connectivity index (χ2n) is 4.52. The summed E-state index contributed by atoms with van der Waals surface area (Å²) in [6.45, 7) is 2.18. The van der Waals surface area contributed by atoms with E-state index in [2.05, 4.69) is 0 Å². The Hall–Kier alpha value is -1.14. The van der Waals surface area contributed by atoms with Crippen molar-refractivity contribution < 1.29 is 22.3 Å². The van der Waals surface area contributed by atoms with E-state index in [-0.39, 0.29) is 11.5 Å². The van der Waals surface area contributed by atoms with E-state index in [9.17, 15) is 17.6 Å². The van der Waals surface area contributed by atoms with E-state index in [0.29, 0.717) is 19.1 Å². The Kier molecular flexibility index (Phi) is 5.31. The Morgan fingerprint density at radius 1 is 1.32 bits per heavy atom. The second kappa shape index (κ2) is 6.34. The van der Waals surface area contributed by atoms with E-state index in [1.807, 2.05) is 0 Å². The number of hydrogen-bond donors (Lipinski definition) is 1. The molecule has 0 spiro atoms. The first kappa shape index (κ1) is 15.9. The van der Waals surface area contributed by atoms with Crippen molar-refractivity contribution in [3.8, 4) is 0 Å². The van der Waals surface area contributed by atoms with Gasteiger partial charge in [0.25, 0.3) is 0 Å². The number of benzene rings is 1. The molecule has 0 saturated heterocycles. The highest BCUT2D eigenvalue weighted by Gasteiger charge is 2.32. The SMILES string of the molecule is COCCC(C)C(N)c1cc(C(F)(F)F)ccc1F. The molecule has 2 nitrogen and oxygen atoms in total. The maximum absolute atomic E-state index is 13.6. The van der Waals surface area contributed by atoms with Gasteiger partial charge in [0.1, 0.15) is 5.82 Å². The molecule has 19 heavy (non-hydrogen) atoms. The molecule has 0 saturated carbocycles. The Balaban J connectivity index is 2.98. The first-order valence-corrected chi connectivity index (χ1v) is 5.88. The largest absolute Gasteiger partial charge is 0.416 e.